The molecule has 0 aliphatic carbocycles. The Balaban J connectivity index is 1.70. The molecule has 0 aliphatic heterocycles. The van der Waals surface area contributed by atoms with Crippen molar-refractivity contribution in [2.45, 2.75) is 136 Å². The summed E-state index contributed by atoms with van der Waals surface area (Å²) in [5.74, 6) is -0.213. The van der Waals surface area contributed by atoms with Crippen LogP contribution < -0.4 is 5.32 Å². The van der Waals surface area contributed by atoms with Crippen LogP contribution in [-0.2, 0) is 12.8 Å². The largest absolute Gasteiger partial charge is 0.506 e. The molecule has 1 amide bonds. The van der Waals surface area contributed by atoms with Crippen LogP contribution in [0.4, 0.5) is 5.69 Å². The lowest BCUT2D eigenvalue weighted by Gasteiger charge is -2.15. The third-order valence-corrected chi connectivity index (χ3v) is 8.70. The number of fused-ring (bicyclic) bond motifs is 1. The minimum atomic E-state index is -0.259. The number of pyridine rings is 1. The molecule has 2 N–H and O–H groups in total. The first-order valence-corrected chi connectivity index (χ1v) is 17.1. The number of nitrogens with one attached hydrogen (secondary N) is 1. The van der Waals surface area contributed by atoms with Crippen molar-refractivity contribution >= 4 is 34.1 Å². The number of aromatic hydroxyl groups is 1. The zero-order chi connectivity index (χ0) is 30.0. The van der Waals surface area contributed by atoms with Gasteiger partial charge in [-0.2, -0.15) is 0 Å². The van der Waals surface area contributed by atoms with Gasteiger partial charge in [-0.05, 0) is 49.4 Å². The topological polar surface area (TPSA) is 62.2 Å². The molecule has 2 aromatic carbocycles. The van der Waals surface area contributed by atoms with Gasteiger partial charge >= 0.3 is 0 Å². The number of phenolic OH excluding ortho intramolecular Hbond substituents is 1. The van der Waals surface area contributed by atoms with Crippen LogP contribution in [-0.4, -0.2) is 16.0 Å². The highest BCUT2D eigenvalue weighted by molar-refractivity contribution is 6.39. The lowest BCUT2D eigenvalue weighted by Crippen LogP contribution is -2.12. The van der Waals surface area contributed by atoms with Gasteiger partial charge in [-0.15, -0.1) is 0 Å². The van der Waals surface area contributed by atoms with Crippen LogP contribution in [0.2, 0.25) is 5.02 Å². The number of hydrogen-bond donors (Lipinski definition) is 2. The van der Waals surface area contributed by atoms with Crippen LogP contribution >= 0.6 is 11.6 Å². The molecule has 42 heavy (non-hydrogen) atoms. The number of rotatable bonds is 21. The number of aromatic nitrogens is 1. The molecule has 0 bridgehead atoms. The number of benzene rings is 2. The number of halogens is 1. The lowest BCUT2D eigenvalue weighted by molar-refractivity contribution is 0.102. The van der Waals surface area contributed by atoms with Crippen LogP contribution in [0.15, 0.2) is 42.5 Å². The first-order valence-electron chi connectivity index (χ1n) is 16.8. The highest BCUT2D eigenvalue weighted by Gasteiger charge is 2.17. The molecule has 0 unspecified atom stereocenters. The summed E-state index contributed by atoms with van der Waals surface area (Å²) in [5.41, 5.74) is 3.77. The molecule has 4 nitrogen and oxygen atoms in total. The highest BCUT2D eigenvalue weighted by atomic mass is 35.5. The summed E-state index contributed by atoms with van der Waals surface area (Å²) in [6.45, 7) is 4.52. The monoisotopic (exact) mass is 592 g/mol. The average molecular weight is 593 g/mol. The van der Waals surface area contributed by atoms with E-state index in [9.17, 15) is 9.90 Å². The number of carbonyl (C=O) groups excluding carboxylic acids is 1. The Morgan fingerprint density at radius 3 is 1.83 bits per heavy atom. The Kier molecular flexibility index (Phi) is 15.8. The van der Waals surface area contributed by atoms with Gasteiger partial charge in [-0.1, -0.05) is 140 Å². The van der Waals surface area contributed by atoms with Crippen molar-refractivity contribution in [2.24, 2.45) is 0 Å². The van der Waals surface area contributed by atoms with Gasteiger partial charge in [0.05, 0.1) is 10.7 Å². The number of hydrogen-bond acceptors (Lipinski definition) is 3. The Hall–Kier alpha value is -2.59. The quantitative estimate of drug-likeness (QED) is 0.121. The minimum Gasteiger partial charge on any atom is -0.506 e. The van der Waals surface area contributed by atoms with Crippen LogP contribution in [0.5, 0.6) is 5.75 Å². The van der Waals surface area contributed by atoms with Crippen molar-refractivity contribution < 1.29 is 9.90 Å². The maximum absolute atomic E-state index is 12.8. The second-order valence-electron chi connectivity index (χ2n) is 11.9. The molecular weight excluding hydrogens is 540 g/mol. The van der Waals surface area contributed by atoms with Gasteiger partial charge in [0.1, 0.15) is 11.3 Å². The molecule has 0 saturated carbocycles. The van der Waals surface area contributed by atoms with Gasteiger partial charge in [0, 0.05) is 22.7 Å². The van der Waals surface area contributed by atoms with E-state index in [1.807, 2.05) is 18.2 Å². The van der Waals surface area contributed by atoms with E-state index < -0.39 is 0 Å². The van der Waals surface area contributed by atoms with Crippen molar-refractivity contribution in [3.8, 4) is 5.75 Å². The Bertz CT molecular complexity index is 1210. The highest BCUT2D eigenvalue weighted by Crippen LogP contribution is 2.38. The van der Waals surface area contributed by atoms with E-state index in [1.54, 1.807) is 12.1 Å². The lowest BCUT2D eigenvalue weighted by atomic mass is 9.98. The molecule has 3 aromatic rings. The second kappa shape index (κ2) is 19.6. The van der Waals surface area contributed by atoms with Gasteiger partial charge in [0.2, 0.25) is 0 Å². The number of unbranched alkanes of at least 4 members (excludes halogenated alkanes) is 15. The smallest absolute Gasteiger partial charge is 0.255 e. The number of phenols is 1. The summed E-state index contributed by atoms with van der Waals surface area (Å²) in [5, 5.41) is 15.0. The maximum Gasteiger partial charge on any atom is 0.255 e. The maximum atomic E-state index is 12.8. The van der Waals surface area contributed by atoms with Crippen LogP contribution in [0.3, 0.4) is 0 Å². The van der Waals surface area contributed by atoms with Gasteiger partial charge in [-0.3, -0.25) is 4.79 Å². The predicted octanol–water partition coefficient (Wildman–Crippen LogP) is 11.6. The van der Waals surface area contributed by atoms with E-state index >= 15 is 0 Å². The first-order chi connectivity index (χ1) is 20.5. The first kappa shape index (κ1) is 33.9. The molecular formula is C37H53ClN2O2. The molecule has 0 atom stereocenters. The van der Waals surface area contributed by atoms with Gasteiger partial charge in [-0.25, -0.2) is 4.98 Å². The number of amides is 1. The standard InChI is InChI=1S/C37H53ClN2O2/c1-3-5-7-9-11-13-15-17-22-26-32-30(25-19-16-14-12-10-8-6-4-2)27-31-35(38)33(28-34(41)36(31)39-32)40-37(42)29-23-20-18-21-24-29/h18,20-21,23-24,27-28,41H,3-17,19,22,25-26H2,1-2H3,(H,40,42). The summed E-state index contributed by atoms with van der Waals surface area (Å²) < 4.78 is 0. The number of aryl methyl sites for hydroxylation is 2. The summed E-state index contributed by atoms with van der Waals surface area (Å²) in [6.07, 6.45) is 23.7. The summed E-state index contributed by atoms with van der Waals surface area (Å²) >= 11 is 6.85. The van der Waals surface area contributed by atoms with Gasteiger partial charge in [0.15, 0.2) is 0 Å². The molecule has 1 aromatic heterocycles. The molecule has 5 heteroatoms. The van der Waals surface area contributed by atoms with Crippen molar-refractivity contribution in [2.75, 3.05) is 5.32 Å². The van der Waals surface area contributed by atoms with E-state index in [4.69, 9.17) is 16.6 Å². The number of carbonyl (C=O) groups is 1. The number of nitrogens with zero attached hydrogens (tertiary/aromatic N) is 1. The van der Waals surface area contributed by atoms with E-state index in [1.165, 1.54) is 108 Å². The molecule has 0 spiro atoms. The van der Waals surface area contributed by atoms with Crippen LogP contribution in [0, 0.1) is 0 Å². The third kappa shape index (κ3) is 11.2. The fourth-order valence-corrected chi connectivity index (χ4v) is 5.98. The van der Waals surface area contributed by atoms with E-state index in [0.717, 1.165) is 31.4 Å². The summed E-state index contributed by atoms with van der Waals surface area (Å²) in [6, 6.07) is 12.7. The van der Waals surface area contributed by atoms with Gasteiger partial charge < -0.3 is 10.4 Å². The molecule has 3 rings (SSSR count). The molecule has 1 heterocycles. The fraction of sp³-hybridized carbons (Fsp3) is 0.568. The Morgan fingerprint density at radius 1 is 0.738 bits per heavy atom. The van der Waals surface area contributed by atoms with E-state index in [2.05, 4.69) is 25.2 Å². The summed E-state index contributed by atoms with van der Waals surface area (Å²) in [4.78, 5) is 17.8. The van der Waals surface area contributed by atoms with Crippen molar-refractivity contribution in [1.82, 2.24) is 4.98 Å². The third-order valence-electron chi connectivity index (χ3n) is 8.29. The number of anilines is 1. The van der Waals surface area contributed by atoms with Crippen LogP contribution in [0.1, 0.15) is 145 Å². The summed E-state index contributed by atoms with van der Waals surface area (Å²) in [7, 11) is 0. The Labute approximate surface area is 259 Å². The molecule has 0 saturated heterocycles. The zero-order valence-corrected chi connectivity index (χ0v) is 26.9. The Morgan fingerprint density at radius 2 is 1.26 bits per heavy atom. The average Bonchev–Trinajstić information content (AvgIpc) is 3.00. The minimum absolute atomic E-state index is 0.0460. The molecule has 0 radical (unpaired) electrons. The van der Waals surface area contributed by atoms with Crippen molar-refractivity contribution in [3.63, 3.8) is 0 Å². The van der Waals surface area contributed by atoms with Crippen molar-refractivity contribution in [3.05, 3.63) is 64.3 Å². The predicted molar refractivity (Wildman–Crippen MR) is 180 cm³/mol. The molecule has 230 valence electrons. The SMILES string of the molecule is CCCCCCCCCCCc1nc2c(O)cc(NC(=O)c3ccccc3)c(Cl)c2cc1CCCCCCCCCC. The van der Waals surface area contributed by atoms with E-state index in [0.29, 0.717) is 27.2 Å². The molecule has 0 aliphatic rings. The fourth-order valence-electron chi connectivity index (χ4n) is 5.73. The zero-order valence-electron chi connectivity index (χ0n) is 26.2. The molecule has 0 fully saturated rings. The second-order valence-corrected chi connectivity index (χ2v) is 12.2. The van der Waals surface area contributed by atoms with E-state index in [-0.39, 0.29) is 11.7 Å². The van der Waals surface area contributed by atoms with Crippen molar-refractivity contribution in [1.29, 1.82) is 0 Å². The van der Waals surface area contributed by atoms with Crippen LogP contribution in [0.25, 0.3) is 10.9 Å². The normalized spacial score (nSPS) is 11.3. The van der Waals surface area contributed by atoms with Gasteiger partial charge in [0.25, 0.3) is 5.91 Å².